The Labute approximate surface area is 113 Å². The van der Waals surface area contributed by atoms with Crippen molar-refractivity contribution in [2.45, 2.75) is 64.0 Å². The second-order valence-corrected chi connectivity index (χ2v) is 6.10. The first-order chi connectivity index (χ1) is 8.75. The highest BCUT2D eigenvalue weighted by Gasteiger charge is 2.41. The molecule has 1 aliphatic carbocycles. The van der Waals surface area contributed by atoms with Crippen molar-refractivity contribution >= 4 is 0 Å². The van der Waals surface area contributed by atoms with Crippen LogP contribution in [0.1, 0.15) is 52.4 Å². The molecule has 106 valence electrons. The van der Waals surface area contributed by atoms with Crippen LogP contribution in [-0.4, -0.2) is 54.1 Å². The fraction of sp³-hybridized carbons (Fsp3) is 1.00. The van der Waals surface area contributed by atoms with Crippen molar-refractivity contribution in [2.24, 2.45) is 5.73 Å². The Morgan fingerprint density at radius 2 is 1.83 bits per heavy atom. The zero-order valence-corrected chi connectivity index (χ0v) is 12.3. The minimum atomic E-state index is 0.347. The van der Waals surface area contributed by atoms with Crippen LogP contribution < -0.4 is 5.73 Å². The zero-order chi connectivity index (χ0) is 13.0. The maximum absolute atomic E-state index is 6.15. The van der Waals surface area contributed by atoms with Crippen LogP contribution in [-0.2, 0) is 0 Å². The number of nitrogens with zero attached hydrogens (tertiary/aromatic N) is 2. The average Bonchev–Trinajstić information content (AvgIpc) is 2.91. The summed E-state index contributed by atoms with van der Waals surface area (Å²) in [5.41, 5.74) is 6.50. The van der Waals surface area contributed by atoms with Gasteiger partial charge in [0, 0.05) is 31.2 Å². The maximum atomic E-state index is 6.15. The quantitative estimate of drug-likeness (QED) is 0.814. The second-order valence-electron chi connectivity index (χ2n) is 6.10. The van der Waals surface area contributed by atoms with Gasteiger partial charge >= 0.3 is 0 Å². The van der Waals surface area contributed by atoms with Crippen LogP contribution in [0.15, 0.2) is 0 Å². The summed E-state index contributed by atoms with van der Waals surface area (Å²) in [6, 6.07) is 0.769. The lowest BCUT2D eigenvalue weighted by molar-refractivity contribution is 0.0712. The second kappa shape index (κ2) is 6.36. The zero-order valence-electron chi connectivity index (χ0n) is 12.3. The maximum Gasteiger partial charge on any atom is 0.0332 e. The molecule has 0 aromatic heterocycles. The van der Waals surface area contributed by atoms with E-state index in [1.54, 1.807) is 0 Å². The van der Waals surface area contributed by atoms with Crippen molar-refractivity contribution in [1.29, 1.82) is 0 Å². The van der Waals surface area contributed by atoms with Crippen LogP contribution >= 0.6 is 0 Å². The third-order valence-electron chi connectivity index (χ3n) is 5.33. The molecule has 1 saturated heterocycles. The first-order valence-electron chi connectivity index (χ1n) is 7.95. The predicted molar refractivity (Wildman–Crippen MR) is 77.8 cm³/mol. The Bertz CT molecular complexity index is 244. The Kier molecular flexibility index (Phi) is 5.05. The van der Waals surface area contributed by atoms with Gasteiger partial charge in [0.2, 0.25) is 0 Å². The van der Waals surface area contributed by atoms with Crippen molar-refractivity contribution in [2.75, 3.05) is 32.7 Å². The van der Waals surface area contributed by atoms with E-state index in [4.69, 9.17) is 5.73 Å². The van der Waals surface area contributed by atoms with Gasteiger partial charge in [0.05, 0.1) is 0 Å². The van der Waals surface area contributed by atoms with Gasteiger partial charge in [0.15, 0.2) is 0 Å². The highest BCUT2D eigenvalue weighted by Crippen LogP contribution is 2.35. The highest BCUT2D eigenvalue weighted by atomic mass is 15.3. The molecule has 2 N–H and O–H groups in total. The SMILES string of the molecule is CCN(CC)C1CCN(C2(CN)CCCCC2)C1. The fourth-order valence-corrected chi connectivity index (χ4v) is 4.07. The molecule has 1 atom stereocenters. The summed E-state index contributed by atoms with van der Waals surface area (Å²) in [5.74, 6) is 0. The van der Waals surface area contributed by atoms with Gasteiger partial charge in [-0.25, -0.2) is 0 Å². The van der Waals surface area contributed by atoms with Gasteiger partial charge < -0.3 is 5.73 Å². The highest BCUT2D eigenvalue weighted by molar-refractivity contribution is 4.98. The number of hydrogen-bond donors (Lipinski definition) is 1. The van der Waals surface area contributed by atoms with Crippen LogP contribution in [0.25, 0.3) is 0 Å². The summed E-state index contributed by atoms with van der Waals surface area (Å²) in [6.07, 6.45) is 8.16. The molecule has 0 aromatic carbocycles. The number of likely N-dealkylation sites (N-methyl/N-ethyl adjacent to an activating group) is 1. The van der Waals surface area contributed by atoms with Crippen molar-refractivity contribution < 1.29 is 0 Å². The van der Waals surface area contributed by atoms with Gasteiger partial charge in [-0.15, -0.1) is 0 Å². The van der Waals surface area contributed by atoms with E-state index in [9.17, 15) is 0 Å². The molecule has 0 amide bonds. The molecule has 0 radical (unpaired) electrons. The molecule has 3 nitrogen and oxygen atoms in total. The van der Waals surface area contributed by atoms with Crippen molar-refractivity contribution in [3.63, 3.8) is 0 Å². The Morgan fingerprint density at radius 3 is 2.39 bits per heavy atom. The minimum Gasteiger partial charge on any atom is -0.329 e. The van der Waals surface area contributed by atoms with Crippen molar-refractivity contribution in [3.8, 4) is 0 Å². The van der Waals surface area contributed by atoms with Crippen molar-refractivity contribution in [1.82, 2.24) is 9.80 Å². The molecule has 3 heteroatoms. The normalized spacial score (nSPS) is 29.0. The number of rotatable bonds is 5. The van der Waals surface area contributed by atoms with Gasteiger partial charge in [-0.3, -0.25) is 9.80 Å². The van der Waals surface area contributed by atoms with Crippen molar-refractivity contribution in [3.05, 3.63) is 0 Å². The first kappa shape index (κ1) is 14.3. The molecule has 2 fully saturated rings. The van der Waals surface area contributed by atoms with Gasteiger partial charge in [-0.1, -0.05) is 33.1 Å². The van der Waals surface area contributed by atoms with Crippen LogP contribution in [0.3, 0.4) is 0 Å². The van der Waals surface area contributed by atoms with E-state index >= 15 is 0 Å². The molecule has 0 spiro atoms. The van der Waals surface area contributed by atoms with Gasteiger partial charge in [-0.2, -0.15) is 0 Å². The summed E-state index contributed by atoms with van der Waals surface area (Å²) < 4.78 is 0. The molecule has 1 aliphatic heterocycles. The lowest BCUT2D eigenvalue weighted by Crippen LogP contribution is -2.54. The summed E-state index contributed by atoms with van der Waals surface area (Å²) in [5, 5.41) is 0. The molecule has 0 bridgehead atoms. The third-order valence-corrected chi connectivity index (χ3v) is 5.33. The largest absolute Gasteiger partial charge is 0.329 e. The lowest BCUT2D eigenvalue weighted by Gasteiger charge is -2.44. The summed E-state index contributed by atoms with van der Waals surface area (Å²) in [4.78, 5) is 5.35. The van der Waals surface area contributed by atoms with E-state index < -0.39 is 0 Å². The van der Waals surface area contributed by atoms with E-state index in [1.165, 1.54) is 64.7 Å². The Hall–Kier alpha value is -0.120. The summed E-state index contributed by atoms with van der Waals surface area (Å²) in [7, 11) is 0. The van der Waals surface area contributed by atoms with Crippen LogP contribution in [0.2, 0.25) is 0 Å². The van der Waals surface area contributed by atoms with Gasteiger partial charge in [-0.05, 0) is 32.4 Å². The molecule has 18 heavy (non-hydrogen) atoms. The standard InChI is InChI=1S/C15H31N3/c1-3-17(4-2)14-8-11-18(12-14)15(13-16)9-6-5-7-10-15/h14H,3-13,16H2,1-2H3. The molecule has 0 aromatic rings. The molecule has 2 rings (SSSR count). The third kappa shape index (κ3) is 2.73. The molecule has 1 saturated carbocycles. The van der Waals surface area contributed by atoms with Crippen LogP contribution in [0, 0.1) is 0 Å². The minimum absolute atomic E-state index is 0.347. The number of nitrogens with two attached hydrogens (primary N) is 1. The molecular weight excluding hydrogens is 222 g/mol. The topological polar surface area (TPSA) is 32.5 Å². The summed E-state index contributed by atoms with van der Waals surface area (Å²) in [6.45, 7) is 10.3. The molecule has 2 aliphatic rings. The predicted octanol–water partition coefficient (Wildman–Crippen LogP) is 2.06. The average molecular weight is 253 g/mol. The van der Waals surface area contributed by atoms with E-state index in [0.29, 0.717) is 5.54 Å². The molecule has 1 heterocycles. The van der Waals surface area contributed by atoms with E-state index in [0.717, 1.165) is 12.6 Å². The van der Waals surface area contributed by atoms with E-state index in [2.05, 4.69) is 23.6 Å². The van der Waals surface area contributed by atoms with Gasteiger partial charge in [0.1, 0.15) is 0 Å². The Morgan fingerprint density at radius 1 is 1.17 bits per heavy atom. The molecular formula is C15H31N3. The smallest absolute Gasteiger partial charge is 0.0332 e. The number of hydrogen-bond acceptors (Lipinski definition) is 3. The first-order valence-corrected chi connectivity index (χ1v) is 7.95. The van der Waals surface area contributed by atoms with Gasteiger partial charge in [0.25, 0.3) is 0 Å². The molecule has 1 unspecified atom stereocenters. The van der Waals surface area contributed by atoms with Crippen LogP contribution in [0.5, 0.6) is 0 Å². The van der Waals surface area contributed by atoms with E-state index in [1.807, 2.05) is 0 Å². The Balaban J connectivity index is 1.97. The fourth-order valence-electron chi connectivity index (χ4n) is 4.07. The van der Waals surface area contributed by atoms with E-state index in [-0.39, 0.29) is 0 Å². The van der Waals surface area contributed by atoms with Crippen LogP contribution in [0.4, 0.5) is 0 Å². The summed E-state index contributed by atoms with van der Waals surface area (Å²) >= 11 is 0. The lowest BCUT2D eigenvalue weighted by atomic mass is 9.80. The monoisotopic (exact) mass is 253 g/mol. The number of likely N-dealkylation sites (tertiary alicyclic amines) is 1.